The second-order valence-corrected chi connectivity index (χ2v) is 3.87. The lowest BCUT2D eigenvalue weighted by Crippen LogP contribution is -2.14. The Hall–Kier alpha value is -2.76. The first-order chi connectivity index (χ1) is 8.99. The van der Waals surface area contributed by atoms with Gasteiger partial charge in [-0.05, 0) is 24.3 Å². The summed E-state index contributed by atoms with van der Waals surface area (Å²) in [5, 5.41) is 0. The molecule has 2 aromatic carbocycles. The zero-order chi connectivity index (χ0) is 14.0. The minimum Gasteiger partial charge on any atom is -0.456 e. The summed E-state index contributed by atoms with van der Waals surface area (Å²) >= 11 is 0. The van der Waals surface area contributed by atoms with Crippen LogP contribution >= 0.6 is 0 Å². The van der Waals surface area contributed by atoms with Crippen molar-refractivity contribution in [3.63, 3.8) is 0 Å². The highest BCUT2D eigenvalue weighted by Crippen LogP contribution is 2.29. The van der Waals surface area contributed by atoms with Gasteiger partial charge in [0.15, 0.2) is 0 Å². The Balaban J connectivity index is 2.40. The van der Waals surface area contributed by atoms with Crippen LogP contribution in [0.4, 0.5) is 15.8 Å². The van der Waals surface area contributed by atoms with Crippen LogP contribution in [0.3, 0.4) is 0 Å². The number of carbonyl (C=O) groups is 1. The molecule has 19 heavy (non-hydrogen) atoms. The van der Waals surface area contributed by atoms with Gasteiger partial charge in [0.2, 0.25) is 0 Å². The standard InChI is InChI=1S/C13H12FN3O2/c14-8-2-1-3-11(12(8)13(17)18)19-7-4-5-9(15)10(16)6-7/h1-6H,15-16H2,(H2,17,18). The third-order valence-corrected chi connectivity index (χ3v) is 2.51. The zero-order valence-corrected chi connectivity index (χ0v) is 9.89. The number of nitrogens with two attached hydrogens (primary N) is 3. The summed E-state index contributed by atoms with van der Waals surface area (Å²) in [6.07, 6.45) is 0. The number of nitrogen functional groups attached to an aromatic ring is 2. The van der Waals surface area contributed by atoms with Gasteiger partial charge in [-0.15, -0.1) is 0 Å². The van der Waals surface area contributed by atoms with Crippen LogP contribution in [0.5, 0.6) is 11.5 Å². The molecule has 0 atom stereocenters. The number of amides is 1. The molecular weight excluding hydrogens is 249 g/mol. The molecule has 0 aliphatic rings. The third kappa shape index (κ3) is 2.57. The van der Waals surface area contributed by atoms with Crippen LogP contribution in [-0.4, -0.2) is 5.91 Å². The van der Waals surface area contributed by atoms with E-state index in [9.17, 15) is 9.18 Å². The molecule has 0 aromatic heterocycles. The van der Waals surface area contributed by atoms with E-state index in [0.717, 1.165) is 6.07 Å². The lowest BCUT2D eigenvalue weighted by Gasteiger charge is -2.10. The average molecular weight is 261 g/mol. The fourth-order valence-electron chi connectivity index (χ4n) is 1.57. The fourth-order valence-corrected chi connectivity index (χ4v) is 1.57. The molecule has 0 unspecified atom stereocenters. The zero-order valence-electron chi connectivity index (χ0n) is 9.89. The van der Waals surface area contributed by atoms with Crippen molar-refractivity contribution in [2.24, 2.45) is 5.73 Å². The molecule has 98 valence electrons. The highest BCUT2D eigenvalue weighted by atomic mass is 19.1. The third-order valence-electron chi connectivity index (χ3n) is 2.51. The van der Waals surface area contributed by atoms with E-state index in [1.807, 2.05) is 0 Å². The van der Waals surface area contributed by atoms with Crippen LogP contribution < -0.4 is 21.9 Å². The van der Waals surface area contributed by atoms with Crippen LogP contribution in [0.1, 0.15) is 10.4 Å². The van der Waals surface area contributed by atoms with E-state index in [4.69, 9.17) is 21.9 Å². The molecule has 0 spiro atoms. The minimum atomic E-state index is -0.906. The number of hydrogen-bond donors (Lipinski definition) is 3. The molecule has 0 fully saturated rings. The fraction of sp³-hybridized carbons (Fsp3) is 0. The van der Waals surface area contributed by atoms with E-state index in [2.05, 4.69) is 0 Å². The number of carbonyl (C=O) groups excluding carboxylic acids is 1. The Morgan fingerprint density at radius 3 is 2.47 bits per heavy atom. The predicted molar refractivity (Wildman–Crippen MR) is 70.3 cm³/mol. The van der Waals surface area contributed by atoms with Crippen LogP contribution in [0.25, 0.3) is 0 Å². The second-order valence-electron chi connectivity index (χ2n) is 3.87. The second kappa shape index (κ2) is 4.85. The molecule has 0 bridgehead atoms. The van der Waals surface area contributed by atoms with Crippen LogP contribution in [0.2, 0.25) is 0 Å². The van der Waals surface area contributed by atoms with E-state index in [1.165, 1.54) is 18.2 Å². The first kappa shape index (κ1) is 12.7. The Bertz CT molecular complexity index is 644. The highest BCUT2D eigenvalue weighted by molar-refractivity contribution is 5.96. The topological polar surface area (TPSA) is 104 Å². The summed E-state index contributed by atoms with van der Waals surface area (Å²) in [6, 6.07) is 8.57. The van der Waals surface area contributed by atoms with Crippen molar-refractivity contribution in [1.82, 2.24) is 0 Å². The molecule has 5 nitrogen and oxygen atoms in total. The van der Waals surface area contributed by atoms with Crippen LogP contribution in [0, 0.1) is 5.82 Å². The maximum Gasteiger partial charge on any atom is 0.255 e. The summed E-state index contributed by atoms with van der Waals surface area (Å²) in [6.45, 7) is 0. The van der Waals surface area contributed by atoms with Crippen LogP contribution in [0.15, 0.2) is 36.4 Å². The Morgan fingerprint density at radius 1 is 1.11 bits per heavy atom. The number of halogens is 1. The Morgan fingerprint density at radius 2 is 1.84 bits per heavy atom. The SMILES string of the molecule is NC(=O)c1c(F)cccc1Oc1ccc(N)c(N)c1. The van der Waals surface area contributed by atoms with Gasteiger partial charge in [0.05, 0.1) is 11.4 Å². The molecule has 0 saturated heterocycles. The minimum absolute atomic E-state index is 0.0247. The first-order valence-corrected chi connectivity index (χ1v) is 5.40. The predicted octanol–water partition coefficient (Wildman–Crippen LogP) is 1.88. The maximum absolute atomic E-state index is 13.5. The smallest absolute Gasteiger partial charge is 0.255 e. The first-order valence-electron chi connectivity index (χ1n) is 5.40. The summed E-state index contributed by atoms with van der Waals surface area (Å²) in [7, 11) is 0. The van der Waals surface area contributed by atoms with Crippen molar-refractivity contribution >= 4 is 17.3 Å². The Labute approximate surface area is 108 Å². The van der Waals surface area contributed by atoms with Gasteiger partial charge in [-0.25, -0.2) is 4.39 Å². The summed E-state index contributed by atoms with van der Waals surface area (Å²) in [4.78, 5) is 11.2. The Kier molecular flexibility index (Phi) is 3.24. The lowest BCUT2D eigenvalue weighted by molar-refractivity contribution is 0.0994. The molecule has 2 rings (SSSR count). The monoisotopic (exact) mass is 261 g/mol. The van der Waals surface area contributed by atoms with E-state index in [0.29, 0.717) is 17.1 Å². The van der Waals surface area contributed by atoms with Crippen molar-refractivity contribution in [1.29, 1.82) is 0 Å². The van der Waals surface area contributed by atoms with E-state index in [-0.39, 0.29) is 11.3 Å². The maximum atomic E-state index is 13.5. The summed E-state index contributed by atoms with van der Waals surface area (Å²) < 4.78 is 18.9. The van der Waals surface area contributed by atoms with Crippen molar-refractivity contribution in [3.8, 4) is 11.5 Å². The molecule has 0 saturated carbocycles. The summed E-state index contributed by atoms with van der Waals surface area (Å²) in [5.41, 5.74) is 16.7. The van der Waals surface area contributed by atoms with Gasteiger partial charge in [0.1, 0.15) is 22.9 Å². The van der Waals surface area contributed by atoms with Gasteiger partial charge in [0, 0.05) is 6.07 Å². The van der Waals surface area contributed by atoms with E-state index in [1.54, 1.807) is 12.1 Å². The van der Waals surface area contributed by atoms with Crippen molar-refractivity contribution < 1.29 is 13.9 Å². The van der Waals surface area contributed by atoms with Gasteiger partial charge in [-0.2, -0.15) is 0 Å². The molecule has 0 radical (unpaired) electrons. The number of rotatable bonds is 3. The number of primary amides is 1. The summed E-state index contributed by atoms with van der Waals surface area (Å²) in [5.74, 6) is -1.29. The number of ether oxygens (including phenoxy) is 1. The van der Waals surface area contributed by atoms with Crippen LogP contribution in [-0.2, 0) is 0 Å². The molecule has 0 aliphatic carbocycles. The largest absolute Gasteiger partial charge is 0.456 e. The number of benzene rings is 2. The van der Waals surface area contributed by atoms with E-state index >= 15 is 0 Å². The highest BCUT2D eigenvalue weighted by Gasteiger charge is 2.15. The number of anilines is 2. The normalized spacial score (nSPS) is 10.2. The van der Waals surface area contributed by atoms with Crippen molar-refractivity contribution in [2.45, 2.75) is 0 Å². The van der Waals surface area contributed by atoms with Gasteiger partial charge in [0.25, 0.3) is 5.91 Å². The van der Waals surface area contributed by atoms with Gasteiger partial charge >= 0.3 is 0 Å². The molecule has 0 heterocycles. The quantitative estimate of drug-likeness (QED) is 0.733. The molecule has 1 amide bonds. The van der Waals surface area contributed by atoms with Gasteiger partial charge in [-0.1, -0.05) is 6.07 Å². The molecule has 6 N–H and O–H groups in total. The van der Waals surface area contributed by atoms with Crippen molar-refractivity contribution in [3.05, 3.63) is 47.8 Å². The molecule has 0 aliphatic heterocycles. The molecule has 6 heteroatoms. The van der Waals surface area contributed by atoms with Gasteiger partial charge < -0.3 is 21.9 Å². The van der Waals surface area contributed by atoms with E-state index < -0.39 is 11.7 Å². The molecular formula is C13H12FN3O2. The van der Waals surface area contributed by atoms with Gasteiger partial charge in [-0.3, -0.25) is 4.79 Å². The van der Waals surface area contributed by atoms with Crippen molar-refractivity contribution in [2.75, 3.05) is 11.5 Å². The average Bonchev–Trinajstić information content (AvgIpc) is 2.33. The molecule has 2 aromatic rings. The number of hydrogen-bond acceptors (Lipinski definition) is 4. The lowest BCUT2D eigenvalue weighted by atomic mass is 10.1.